The molecule has 10 aromatic rings. The number of rotatable bonds is 5. The van der Waals surface area contributed by atoms with E-state index in [4.69, 9.17) is 9.97 Å². The third-order valence-electron chi connectivity index (χ3n) is 9.61. The molecule has 0 aliphatic carbocycles. The summed E-state index contributed by atoms with van der Waals surface area (Å²) in [6.45, 7) is 0. The van der Waals surface area contributed by atoms with Crippen LogP contribution in [0.2, 0.25) is 0 Å². The predicted molar refractivity (Wildman–Crippen MR) is 211 cm³/mol. The van der Waals surface area contributed by atoms with Gasteiger partial charge in [0, 0.05) is 37.7 Å². The number of nitrogens with zero attached hydrogens (tertiary/aromatic N) is 3. The number of fused-ring (bicyclic) bond motifs is 6. The van der Waals surface area contributed by atoms with Gasteiger partial charge in [0.1, 0.15) is 0 Å². The maximum Gasteiger partial charge on any atom is 0.160 e. The van der Waals surface area contributed by atoms with E-state index in [1.165, 1.54) is 59.8 Å². The van der Waals surface area contributed by atoms with Gasteiger partial charge in [-0.3, -0.25) is 0 Å². The van der Waals surface area contributed by atoms with Crippen molar-refractivity contribution in [2.75, 3.05) is 0 Å². The van der Waals surface area contributed by atoms with Crippen LogP contribution >= 0.6 is 11.3 Å². The van der Waals surface area contributed by atoms with Crippen molar-refractivity contribution in [3.63, 3.8) is 0 Å². The first kappa shape index (κ1) is 28.6. The van der Waals surface area contributed by atoms with Gasteiger partial charge in [0.15, 0.2) is 5.82 Å². The van der Waals surface area contributed by atoms with Crippen molar-refractivity contribution in [3.05, 3.63) is 176 Å². The molecular formula is C46H29N3S. The summed E-state index contributed by atoms with van der Waals surface area (Å²) in [7, 11) is 0. The second-order valence-corrected chi connectivity index (χ2v) is 13.6. The lowest BCUT2D eigenvalue weighted by atomic mass is 9.96. The molecule has 0 aliphatic heterocycles. The molecule has 3 aromatic heterocycles. The van der Waals surface area contributed by atoms with E-state index in [2.05, 4.69) is 162 Å². The molecule has 0 saturated heterocycles. The van der Waals surface area contributed by atoms with Crippen molar-refractivity contribution < 1.29 is 0 Å². The molecule has 0 amide bonds. The highest BCUT2D eigenvalue weighted by atomic mass is 32.1. The number of hydrogen-bond acceptors (Lipinski definition) is 3. The van der Waals surface area contributed by atoms with Crippen molar-refractivity contribution in [2.24, 2.45) is 0 Å². The lowest BCUT2D eigenvalue weighted by molar-refractivity contribution is 1.18. The Morgan fingerprint density at radius 3 is 1.90 bits per heavy atom. The highest BCUT2D eigenvalue weighted by Gasteiger charge is 2.19. The van der Waals surface area contributed by atoms with Gasteiger partial charge >= 0.3 is 0 Å². The second kappa shape index (κ2) is 11.7. The van der Waals surface area contributed by atoms with Gasteiger partial charge in [0.05, 0.1) is 26.9 Å². The molecule has 0 atom stereocenters. The molecular weight excluding hydrogens is 627 g/mol. The van der Waals surface area contributed by atoms with Gasteiger partial charge in [-0.15, -0.1) is 11.3 Å². The van der Waals surface area contributed by atoms with E-state index in [-0.39, 0.29) is 0 Å². The SMILES string of the molecule is c1ccc(-c2nc(-c3ccccc3)c3sc4cccc(-c5cccc(-c6ccc7c(c6)c6ccccc6n7-c6ccccc6)c5)c4c3n2)cc1. The molecule has 0 fully saturated rings. The molecule has 0 unspecified atom stereocenters. The van der Waals surface area contributed by atoms with E-state index in [1.807, 2.05) is 18.2 Å². The maximum absolute atomic E-state index is 5.27. The summed E-state index contributed by atoms with van der Waals surface area (Å²) in [5.41, 5.74) is 12.4. The largest absolute Gasteiger partial charge is 0.309 e. The molecule has 0 saturated carbocycles. The Labute approximate surface area is 293 Å². The smallest absolute Gasteiger partial charge is 0.160 e. The normalized spacial score (nSPS) is 11.6. The Kier molecular flexibility index (Phi) is 6.68. The van der Waals surface area contributed by atoms with Gasteiger partial charge in [0.2, 0.25) is 0 Å². The topological polar surface area (TPSA) is 30.7 Å². The van der Waals surface area contributed by atoms with Crippen molar-refractivity contribution in [2.45, 2.75) is 0 Å². The van der Waals surface area contributed by atoms with Crippen LogP contribution in [0, 0.1) is 0 Å². The van der Waals surface area contributed by atoms with Crippen LogP contribution in [-0.2, 0) is 0 Å². The van der Waals surface area contributed by atoms with E-state index < -0.39 is 0 Å². The van der Waals surface area contributed by atoms with Crippen LogP contribution in [0.5, 0.6) is 0 Å². The first-order chi connectivity index (χ1) is 24.8. The summed E-state index contributed by atoms with van der Waals surface area (Å²) in [5, 5.41) is 3.67. The van der Waals surface area contributed by atoms with Crippen molar-refractivity contribution >= 4 is 53.4 Å². The summed E-state index contributed by atoms with van der Waals surface area (Å²) >= 11 is 1.77. The fourth-order valence-corrected chi connectivity index (χ4v) is 8.49. The molecule has 0 aliphatic rings. The molecule has 3 nitrogen and oxygen atoms in total. The zero-order valence-corrected chi connectivity index (χ0v) is 27.8. The van der Waals surface area contributed by atoms with Crippen LogP contribution in [0.4, 0.5) is 0 Å². The predicted octanol–water partition coefficient (Wildman–Crippen LogP) is 12.6. The Morgan fingerprint density at radius 1 is 0.440 bits per heavy atom. The zero-order chi connectivity index (χ0) is 33.0. The molecule has 234 valence electrons. The first-order valence-electron chi connectivity index (χ1n) is 16.8. The summed E-state index contributed by atoms with van der Waals surface area (Å²) in [6.07, 6.45) is 0. The quantitative estimate of drug-likeness (QED) is 0.185. The average Bonchev–Trinajstić information content (AvgIpc) is 3.74. The minimum absolute atomic E-state index is 0.739. The molecule has 10 rings (SSSR count). The van der Waals surface area contributed by atoms with Crippen LogP contribution in [-0.4, -0.2) is 14.5 Å². The summed E-state index contributed by atoms with van der Waals surface area (Å²) < 4.78 is 4.67. The van der Waals surface area contributed by atoms with Crippen molar-refractivity contribution in [1.82, 2.24) is 14.5 Å². The van der Waals surface area contributed by atoms with Gasteiger partial charge in [-0.05, 0) is 64.7 Å². The van der Waals surface area contributed by atoms with Crippen LogP contribution in [0.15, 0.2) is 176 Å². The standard InChI is InChI=1S/C46H29N3S/c1-4-14-30(15-5-1)43-45-44(48-46(47-43)31-16-6-2-7-17-31)42-36(23-13-25-41(42)50-45)34-19-12-18-32(28-34)33-26-27-40-38(29-33)37-22-10-11-24-39(37)49(40)35-20-8-3-9-21-35/h1-29H. The number of thiophene rings is 1. The van der Waals surface area contributed by atoms with Gasteiger partial charge in [-0.2, -0.15) is 0 Å². The minimum atomic E-state index is 0.739. The lowest BCUT2D eigenvalue weighted by Crippen LogP contribution is -1.93. The number of benzene rings is 7. The first-order valence-corrected chi connectivity index (χ1v) is 17.7. The van der Waals surface area contributed by atoms with E-state index in [0.29, 0.717) is 0 Å². The van der Waals surface area contributed by atoms with E-state index >= 15 is 0 Å². The van der Waals surface area contributed by atoms with Crippen molar-refractivity contribution in [3.8, 4) is 50.6 Å². The highest BCUT2D eigenvalue weighted by Crippen LogP contribution is 2.44. The molecule has 0 radical (unpaired) electrons. The van der Waals surface area contributed by atoms with Gasteiger partial charge in [0.25, 0.3) is 0 Å². The summed E-state index contributed by atoms with van der Waals surface area (Å²) in [5.74, 6) is 0.739. The molecule has 4 heteroatoms. The van der Waals surface area contributed by atoms with E-state index in [9.17, 15) is 0 Å². The molecule has 50 heavy (non-hydrogen) atoms. The Bertz CT molecular complexity index is 2850. The Balaban J connectivity index is 1.16. The Morgan fingerprint density at radius 2 is 1.08 bits per heavy atom. The number of hydrogen-bond donors (Lipinski definition) is 0. The van der Waals surface area contributed by atoms with Gasteiger partial charge in [-0.25, -0.2) is 9.97 Å². The summed E-state index contributed by atoms with van der Waals surface area (Å²) in [6, 6.07) is 62.5. The number of para-hydroxylation sites is 2. The van der Waals surface area contributed by atoms with Crippen LogP contribution < -0.4 is 0 Å². The minimum Gasteiger partial charge on any atom is -0.309 e. The molecule has 0 spiro atoms. The average molecular weight is 656 g/mol. The Hall–Kier alpha value is -6.36. The molecule has 0 N–H and O–H groups in total. The summed E-state index contributed by atoms with van der Waals surface area (Å²) in [4.78, 5) is 10.4. The second-order valence-electron chi connectivity index (χ2n) is 12.6. The van der Waals surface area contributed by atoms with E-state index in [1.54, 1.807) is 11.3 Å². The number of aromatic nitrogens is 3. The third-order valence-corrected chi connectivity index (χ3v) is 10.8. The molecule has 7 aromatic carbocycles. The van der Waals surface area contributed by atoms with Gasteiger partial charge in [-0.1, -0.05) is 133 Å². The zero-order valence-electron chi connectivity index (χ0n) is 27.0. The van der Waals surface area contributed by atoms with Crippen LogP contribution in [0.3, 0.4) is 0 Å². The maximum atomic E-state index is 5.27. The monoisotopic (exact) mass is 655 g/mol. The lowest BCUT2D eigenvalue weighted by Gasteiger charge is -2.10. The highest BCUT2D eigenvalue weighted by molar-refractivity contribution is 7.26. The fourth-order valence-electron chi connectivity index (χ4n) is 7.31. The van der Waals surface area contributed by atoms with Crippen LogP contribution in [0.1, 0.15) is 0 Å². The van der Waals surface area contributed by atoms with Crippen LogP contribution in [0.25, 0.3) is 92.7 Å². The van der Waals surface area contributed by atoms with Gasteiger partial charge < -0.3 is 4.57 Å². The molecule has 0 bridgehead atoms. The third kappa shape index (κ3) is 4.65. The van der Waals surface area contributed by atoms with E-state index in [0.717, 1.165) is 32.9 Å². The van der Waals surface area contributed by atoms with Crippen molar-refractivity contribution in [1.29, 1.82) is 0 Å². The molecule has 3 heterocycles. The fraction of sp³-hybridized carbons (Fsp3) is 0.